The maximum atomic E-state index is 15.8. The van der Waals surface area contributed by atoms with E-state index >= 15 is 4.39 Å². The highest BCUT2D eigenvalue weighted by Gasteiger charge is 2.42. The molecule has 2 fully saturated rings. The summed E-state index contributed by atoms with van der Waals surface area (Å²) in [7, 11) is 0. The zero-order chi connectivity index (χ0) is 29.1. The molecule has 9 heteroatoms. The first-order valence-corrected chi connectivity index (χ1v) is 13.8. The van der Waals surface area contributed by atoms with Crippen molar-refractivity contribution in [1.29, 1.82) is 5.26 Å². The number of rotatable bonds is 5. The summed E-state index contributed by atoms with van der Waals surface area (Å²) < 4.78 is 32.1. The molecule has 0 radical (unpaired) electrons. The lowest BCUT2D eigenvalue weighted by atomic mass is 9.90. The molecule has 2 aliphatic heterocycles. The van der Waals surface area contributed by atoms with E-state index < -0.39 is 17.2 Å². The molecule has 41 heavy (non-hydrogen) atoms. The number of piperidine rings is 1. The molecular weight excluding hydrogens is 524 g/mol. The Morgan fingerprint density at radius 2 is 1.78 bits per heavy atom. The Labute approximate surface area is 236 Å². The van der Waals surface area contributed by atoms with Crippen LogP contribution in [-0.2, 0) is 6.54 Å². The third-order valence-corrected chi connectivity index (χ3v) is 8.23. The van der Waals surface area contributed by atoms with Gasteiger partial charge in [-0.2, -0.15) is 10.4 Å². The maximum absolute atomic E-state index is 15.8. The van der Waals surface area contributed by atoms with E-state index in [1.165, 1.54) is 18.2 Å². The molecule has 3 atom stereocenters. The van der Waals surface area contributed by atoms with Gasteiger partial charge in [-0.15, -0.1) is 0 Å². The number of nitriles is 1. The normalized spacial score (nSPS) is 20.4. The zero-order valence-corrected chi connectivity index (χ0v) is 22.9. The number of aliphatic hydroxyl groups is 1. The van der Waals surface area contributed by atoms with Gasteiger partial charge in [0.05, 0.1) is 29.4 Å². The molecule has 1 aromatic heterocycles. The van der Waals surface area contributed by atoms with Gasteiger partial charge in [0.25, 0.3) is 5.91 Å². The van der Waals surface area contributed by atoms with Crippen LogP contribution in [0.2, 0.25) is 0 Å². The highest BCUT2D eigenvalue weighted by atomic mass is 19.1. The van der Waals surface area contributed by atoms with E-state index in [2.05, 4.69) is 5.10 Å². The molecule has 3 N–H and O–H groups in total. The van der Waals surface area contributed by atoms with Crippen molar-refractivity contribution in [1.82, 2.24) is 14.7 Å². The fourth-order valence-electron chi connectivity index (χ4n) is 6.42. The highest BCUT2D eigenvalue weighted by molar-refractivity contribution is 5.99. The molecule has 0 aliphatic carbocycles. The van der Waals surface area contributed by atoms with Gasteiger partial charge >= 0.3 is 0 Å². The fraction of sp³-hybridized carbons (Fsp3) is 0.344. The van der Waals surface area contributed by atoms with Gasteiger partial charge in [-0.05, 0) is 86.6 Å². The van der Waals surface area contributed by atoms with Gasteiger partial charge in [-0.25, -0.2) is 8.78 Å². The van der Waals surface area contributed by atoms with Crippen molar-refractivity contribution in [3.63, 3.8) is 0 Å². The molecule has 4 aromatic rings. The second kappa shape index (κ2) is 10.1. The van der Waals surface area contributed by atoms with Crippen LogP contribution in [0.15, 0.2) is 54.7 Å². The van der Waals surface area contributed by atoms with E-state index in [0.717, 1.165) is 25.7 Å². The number of hydrogen-bond acceptors (Lipinski definition) is 5. The van der Waals surface area contributed by atoms with Crippen LogP contribution in [0.1, 0.15) is 55.5 Å². The van der Waals surface area contributed by atoms with E-state index in [1.54, 1.807) is 55.1 Å². The van der Waals surface area contributed by atoms with E-state index in [1.807, 2.05) is 11.0 Å². The standard InChI is InChI=1S/C32H31F2N5O2/c1-32(2,41)17-38-30-14-29(34)27(10-21(30)16-37-38)25-8-5-19(9-26(25)18-3-4-20(15-35)28(33)11-18)31(40)39-23-6-7-24(39)13-22(36)12-23/h3-5,8-11,14,16,22-24,41H,6-7,12-13,17,36H2,1-2H3/t22-,23+,24-. The monoisotopic (exact) mass is 555 g/mol. The summed E-state index contributed by atoms with van der Waals surface area (Å²) in [6.07, 6.45) is 4.98. The largest absolute Gasteiger partial charge is 0.389 e. The summed E-state index contributed by atoms with van der Waals surface area (Å²) in [5.74, 6) is -1.33. The molecule has 210 valence electrons. The predicted octanol–water partition coefficient (Wildman–Crippen LogP) is 5.39. The lowest BCUT2D eigenvalue weighted by Gasteiger charge is -2.38. The highest BCUT2D eigenvalue weighted by Crippen LogP contribution is 2.40. The Hall–Kier alpha value is -4.13. The third kappa shape index (κ3) is 4.98. The number of nitrogens with zero attached hydrogens (tertiary/aromatic N) is 4. The smallest absolute Gasteiger partial charge is 0.254 e. The van der Waals surface area contributed by atoms with Crippen LogP contribution in [0, 0.1) is 23.0 Å². The quantitative estimate of drug-likeness (QED) is 0.344. The van der Waals surface area contributed by atoms with Crippen LogP contribution >= 0.6 is 0 Å². The number of benzene rings is 3. The number of aromatic nitrogens is 2. The average molecular weight is 556 g/mol. The Kier molecular flexibility index (Phi) is 6.63. The zero-order valence-electron chi connectivity index (χ0n) is 22.9. The average Bonchev–Trinajstić information content (AvgIpc) is 3.43. The molecule has 2 bridgehead atoms. The molecule has 2 aliphatic rings. The van der Waals surface area contributed by atoms with Crippen molar-refractivity contribution >= 4 is 16.8 Å². The SMILES string of the molecule is CC(C)(O)Cn1ncc2cc(-c3ccc(C(=O)N4[C@@H]5CC[C@H]4C[C@@H](N)C5)cc3-c3ccc(C#N)c(F)c3)c(F)cc21. The van der Waals surface area contributed by atoms with E-state index in [4.69, 9.17) is 5.73 Å². The Morgan fingerprint density at radius 3 is 2.44 bits per heavy atom. The van der Waals surface area contributed by atoms with Crippen molar-refractivity contribution in [3.05, 3.63) is 77.5 Å². The summed E-state index contributed by atoms with van der Waals surface area (Å²) in [4.78, 5) is 15.7. The second-order valence-corrected chi connectivity index (χ2v) is 11.9. The van der Waals surface area contributed by atoms with Crippen LogP contribution in [0.4, 0.5) is 8.78 Å². The van der Waals surface area contributed by atoms with Crippen LogP contribution in [-0.4, -0.2) is 49.4 Å². The minimum Gasteiger partial charge on any atom is -0.389 e. The molecule has 1 amide bonds. The van der Waals surface area contributed by atoms with Gasteiger partial charge in [0.1, 0.15) is 17.7 Å². The van der Waals surface area contributed by atoms with Gasteiger partial charge in [-0.3, -0.25) is 9.48 Å². The molecule has 2 saturated heterocycles. The van der Waals surface area contributed by atoms with Crippen LogP contribution in [0.3, 0.4) is 0 Å². The van der Waals surface area contributed by atoms with Gasteiger partial charge in [0, 0.05) is 40.7 Å². The first-order chi connectivity index (χ1) is 19.5. The first-order valence-electron chi connectivity index (χ1n) is 13.8. The molecule has 0 saturated carbocycles. The number of nitrogens with two attached hydrogens (primary N) is 1. The summed E-state index contributed by atoms with van der Waals surface area (Å²) in [5, 5.41) is 24.5. The number of halogens is 2. The lowest BCUT2D eigenvalue weighted by molar-refractivity contribution is 0.0572. The van der Waals surface area contributed by atoms with Crippen LogP contribution in [0.25, 0.3) is 33.2 Å². The Morgan fingerprint density at radius 1 is 1.05 bits per heavy atom. The molecule has 3 heterocycles. The van der Waals surface area contributed by atoms with Gasteiger partial charge in [-0.1, -0.05) is 12.1 Å². The minimum atomic E-state index is -1.04. The fourth-order valence-corrected chi connectivity index (χ4v) is 6.42. The third-order valence-electron chi connectivity index (χ3n) is 8.23. The summed E-state index contributed by atoms with van der Waals surface area (Å²) >= 11 is 0. The lowest BCUT2D eigenvalue weighted by Crippen LogP contribution is -2.50. The van der Waals surface area contributed by atoms with Crippen LogP contribution in [0.5, 0.6) is 0 Å². The summed E-state index contributed by atoms with van der Waals surface area (Å²) in [5.41, 5.74) is 7.68. The predicted molar refractivity (Wildman–Crippen MR) is 152 cm³/mol. The minimum absolute atomic E-state index is 0.0850. The molecule has 6 rings (SSSR count). The topological polar surface area (TPSA) is 108 Å². The van der Waals surface area contributed by atoms with Crippen molar-refractivity contribution in [2.75, 3.05) is 0 Å². The number of hydrogen-bond donors (Lipinski definition) is 2. The molecular formula is C32H31F2N5O2. The van der Waals surface area contributed by atoms with E-state index in [9.17, 15) is 19.6 Å². The van der Waals surface area contributed by atoms with E-state index in [-0.39, 0.29) is 41.7 Å². The van der Waals surface area contributed by atoms with Gasteiger partial charge in [0.15, 0.2) is 0 Å². The summed E-state index contributed by atoms with van der Waals surface area (Å²) in [6, 6.07) is 14.4. The number of carbonyl (C=O) groups excluding carboxylic acids is 1. The Bertz CT molecular complexity index is 1700. The van der Waals surface area contributed by atoms with Crippen molar-refractivity contribution in [3.8, 4) is 28.3 Å². The van der Waals surface area contributed by atoms with Crippen molar-refractivity contribution in [2.45, 2.75) is 69.8 Å². The molecule has 7 nitrogen and oxygen atoms in total. The molecule has 3 aromatic carbocycles. The van der Waals surface area contributed by atoms with Crippen LogP contribution < -0.4 is 5.73 Å². The molecule has 0 spiro atoms. The number of carbonyl (C=O) groups is 1. The Balaban J connectivity index is 1.47. The number of fused-ring (bicyclic) bond motifs is 3. The van der Waals surface area contributed by atoms with E-state index in [0.29, 0.717) is 33.2 Å². The molecule has 0 unspecified atom stereocenters. The number of amides is 1. The second-order valence-electron chi connectivity index (χ2n) is 11.9. The first kappa shape index (κ1) is 27.1. The van der Waals surface area contributed by atoms with Crippen molar-refractivity contribution < 1.29 is 18.7 Å². The maximum Gasteiger partial charge on any atom is 0.254 e. The van der Waals surface area contributed by atoms with Gasteiger partial charge < -0.3 is 15.7 Å². The van der Waals surface area contributed by atoms with Crippen molar-refractivity contribution in [2.24, 2.45) is 5.73 Å². The summed E-state index contributed by atoms with van der Waals surface area (Å²) in [6.45, 7) is 3.49. The van der Waals surface area contributed by atoms with Gasteiger partial charge in [0.2, 0.25) is 0 Å².